The lowest BCUT2D eigenvalue weighted by molar-refractivity contribution is 0.342. The van der Waals surface area contributed by atoms with Crippen molar-refractivity contribution in [3.8, 4) is 0 Å². The Bertz CT molecular complexity index is 494. The summed E-state index contributed by atoms with van der Waals surface area (Å²) in [7, 11) is -3.43. The normalized spacial score (nSPS) is 14.1. The summed E-state index contributed by atoms with van der Waals surface area (Å²) < 4.78 is 27.0. The Balaban J connectivity index is 3.31. The van der Waals surface area contributed by atoms with Crippen molar-refractivity contribution in [2.24, 2.45) is 5.73 Å². The molecule has 0 aliphatic carbocycles. The van der Waals surface area contributed by atoms with Gasteiger partial charge in [-0.1, -0.05) is 13.8 Å². The van der Waals surface area contributed by atoms with Gasteiger partial charge in [-0.15, -0.1) is 11.3 Å². The predicted molar refractivity (Wildman–Crippen MR) is 76.3 cm³/mol. The Hall–Kier alpha value is -0.430. The van der Waals surface area contributed by atoms with Gasteiger partial charge in [0.2, 0.25) is 10.0 Å². The Labute approximate surface area is 114 Å². The fraction of sp³-hybridized carbons (Fsp3) is 0.667. The predicted octanol–water partition coefficient (Wildman–Crippen LogP) is 2.32. The maximum atomic E-state index is 12.7. The van der Waals surface area contributed by atoms with Gasteiger partial charge in [-0.3, -0.25) is 0 Å². The van der Waals surface area contributed by atoms with Crippen LogP contribution in [0.3, 0.4) is 0 Å². The SMILES string of the molecule is CCC(C)N(CC)S(=O)(=O)c1c(C)csc1CN. The molecule has 1 aromatic rings. The highest BCUT2D eigenvalue weighted by atomic mass is 32.2. The molecule has 0 spiro atoms. The molecular weight excluding hydrogens is 268 g/mol. The van der Waals surface area contributed by atoms with Gasteiger partial charge in [0.05, 0.1) is 0 Å². The summed E-state index contributed by atoms with van der Waals surface area (Å²) in [6.45, 7) is 8.38. The Morgan fingerprint density at radius 3 is 2.50 bits per heavy atom. The van der Waals surface area contributed by atoms with Crippen LogP contribution in [0.25, 0.3) is 0 Å². The number of hydrogen-bond donors (Lipinski definition) is 1. The average Bonchev–Trinajstić information content (AvgIpc) is 2.71. The Kier molecular flexibility index (Phi) is 5.33. The molecule has 1 rings (SSSR count). The first kappa shape index (κ1) is 15.6. The number of thiophene rings is 1. The quantitative estimate of drug-likeness (QED) is 0.874. The largest absolute Gasteiger partial charge is 0.326 e. The summed E-state index contributed by atoms with van der Waals surface area (Å²) in [5.74, 6) is 0. The van der Waals surface area contributed by atoms with Crippen molar-refractivity contribution in [3.63, 3.8) is 0 Å². The van der Waals surface area contributed by atoms with E-state index in [1.165, 1.54) is 11.3 Å². The zero-order valence-corrected chi connectivity index (χ0v) is 13.1. The van der Waals surface area contributed by atoms with Crippen molar-refractivity contribution in [2.45, 2.75) is 51.6 Å². The first-order valence-corrected chi connectivity index (χ1v) is 8.50. The van der Waals surface area contributed by atoms with E-state index in [0.29, 0.717) is 11.4 Å². The second-order valence-electron chi connectivity index (χ2n) is 4.34. The second-order valence-corrected chi connectivity index (χ2v) is 7.13. The zero-order valence-electron chi connectivity index (χ0n) is 11.4. The zero-order chi connectivity index (χ0) is 13.9. The molecule has 0 amide bonds. The summed E-state index contributed by atoms with van der Waals surface area (Å²) in [4.78, 5) is 1.16. The van der Waals surface area contributed by atoms with E-state index in [4.69, 9.17) is 5.73 Å². The minimum absolute atomic E-state index is 0.00456. The van der Waals surface area contributed by atoms with Crippen molar-refractivity contribution in [3.05, 3.63) is 15.8 Å². The molecule has 0 fully saturated rings. The number of nitrogens with two attached hydrogens (primary N) is 1. The number of nitrogens with zero attached hydrogens (tertiary/aromatic N) is 1. The van der Waals surface area contributed by atoms with Crippen LogP contribution in [0.2, 0.25) is 0 Å². The van der Waals surface area contributed by atoms with Gasteiger partial charge in [0.25, 0.3) is 0 Å². The number of aryl methyl sites for hydroxylation is 1. The number of rotatable bonds is 6. The average molecular weight is 290 g/mol. The van der Waals surface area contributed by atoms with E-state index >= 15 is 0 Å². The molecule has 0 bridgehead atoms. The van der Waals surface area contributed by atoms with Crippen molar-refractivity contribution < 1.29 is 8.42 Å². The maximum Gasteiger partial charge on any atom is 0.244 e. The lowest BCUT2D eigenvalue weighted by atomic mass is 10.3. The van der Waals surface area contributed by atoms with Gasteiger partial charge in [0, 0.05) is 24.0 Å². The standard InChI is InChI=1S/C12H22N2O2S2/c1-5-10(4)14(6-2)18(15,16)12-9(3)8-17-11(12)7-13/h8,10H,5-7,13H2,1-4H3. The van der Waals surface area contributed by atoms with Crippen LogP contribution >= 0.6 is 11.3 Å². The second kappa shape index (κ2) is 6.14. The summed E-state index contributed by atoms with van der Waals surface area (Å²) in [5, 5.41) is 1.86. The molecule has 0 saturated carbocycles. The number of hydrogen-bond acceptors (Lipinski definition) is 4. The van der Waals surface area contributed by atoms with Crippen LogP contribution in [0.1, 0.15) is 37.6 Å². The van der Waals surface area contributed by atoms with Crippen molar-refractivity contribution >= 4 is 21.4 Å². The summed E-state index contributed by atoms with van der Waals surface area (Å²) in [6, 6.07) is 0.00456. The van der Waals surface area contributed by atoms with Crippen LogP contribution in [-0.4, -0.2) is 25.3 Å². The fourth-order valence-corrected chi connectivity index (χ4v) is 5.38. The van der Waals surface area contributed by atoms with Crippen LogP contribution in [0.5, 0.6) is 0 Å². The summed E-state index contributed by atoms with van der Waals surface area (Å²) >= 11 is 1.42. The van der Waals surface area contributed by atoms with Gasteiger partial charge in [-0.2, -0.15) is 4.31 Å². The van der Waals surface area contributed by atoms with Gasteiger partial charge in [-0.05, 0) is 31.2 Å². The molecule has 6 heteroatoms. The minimum atomic E-state index is -3.43. The molecular formula is C12H22N2O2S2. The van der Waals surface area contributed by atoms with Gasteiger partial charge < -0.3 is 5.73 Å². The molecule has 0 saturated heterocycles. The van der Waals surface area contributed by atoms with Crippen molar-refractivity contribution in [1.82, 2.24) is 4.31 Å². The minimum Gasteiger partial charge on any atom is -0.326 e. The van der Waals surface area contributed by atoms with Gasteiger partial charge in [-0.25, -0.2) is 8.42 Å². The lowest BCUT2D eigenvalue weighted by Gasteiger charge is -2.26. The number of sulfonamides is 1. The van der Waals surface area contributed by atoms with Crippen LogP contribution < -0.4 is 5.73 Å². The Morgan fingerprint density at radius 2 is 2.06 bits per heavy atom. The third-order valence-electron chi connectivity index (χ3n) is 3.14. The van der Waals surface area contributed by atoms with Gasteiger partial charge in [0.1, 0.15) is 4.90 Å². The molecule has 2 N–H and O–H groups in total. The first-order valence-electron chi connectivity index (χ1n) is 6.18. The third kappa shape index (κ3) is 2.77. The first-order chi connectivity index (χ1) is 8.39. The van der Waals surface area contributed by atoms with Gasteiger partial charge >= 0.3 is 0 Å². The van der Waals surface area contributed by atoms with E-state index in [2.05, 4.69) is 0 Å². The third-order valence-corrected chi connectivity index (χ3v) is 6.71. The highest BCUT2D eigenvalue weighted by molar-refractivity contribution is 7.89. The van der Waals surface area contributed by atoms with Crippen molar-refractivity contribution in [1.29, 1.82) is 0 Å². The highest BCUT2D eigenvalue weighted by Crippen LogP contribution is 2.30. The molecule has 104 valence electrons. The molecule has 0 aromatic carbocycles. The van der Waals surface area contributed by atoms with E-state index in [9.17, 15) is 8.42 Å². The van der Waals surface area contributed by atoms with E-state index in [0.717, 1.165) is 16.9 Å². The lowest BCUT2D eigenvalue weighted by Crippen LogP contribution is -2.38. The van der Waals surface area contributed by atoms with E-state index in [1.807, 2.05) is 33.1 Å². The molecule has 0 aliphatic rings. The maximum absolute atomic E-state index is 12.7. The molecule has 0 radical (unpaired) electrons. The monoisotopic (exact) mass is 290 g/mol. The van der Waals surface area contributed by atoms with E-state index in [1.54, 1.807) is 4.31 Å². The van der Waals surface area contributed by atoms with Crippen LogP contribution in [0.4, 0.5) is 0 Å². The molecule has 1 heterocycles. The fourth-order valence-electron chi connectivity index (χ4n) is 2.01. The van der Waals surface area contributed by atoms with Crippen LogP contribution in [-0.2, 0) is 16.6 Å². The molecule has 18 heavy (non-hydrogen) atoms. The molecule has 1 atom stereocenters. The topological polar surface area (TPSA) is 63.4 Å². The highest BCUT2D eigenvalue weighted by Gasteiger charge is 2.31. The van der Waals surface area contributed by atoms with Crippen molar-refractivity contribution in [2.75, 3.05) is 6.54 Å². The van der Waals surface area contributed by atoms with E-state index < -0.39 is 10.0 Å². The summed E-state index contributed by atoms with van der Waals surface area (Å²) in [6.07, 6.45) is 0.800. The van der Waals surface area contributed by atoms with Crippen LogP contribution in [0.15, 0.2) is 10.3 Å². The smallest absolute Gasteiger partial charge is 0.244 e. The van der Waals surface area contributed by atoms with E-state index in [-0.39, 0.29) is 12.6 Å². The summed E-state index contributed by atoms with van der Waals surface area (Å²) in [5.41, 5.74) is 6.43. The molecule has 0 aliphatic heterocycles. The molecule has 4 nitrogen and oxygen atoms in total. The van der Waals surface area contributed by atoms with Crippen LogP contribution in [0, 0.1) is 6.92 Å². The molecule has 1 aromatic heterocycles. The van der Waals surface area contributed by atoms with Gasteiger partial charge in [0.15, 0.2) is 0 Å². The Morgan fingerprint density at radius 1 is 1.44 bits per heavy atom. The molecule has 1 unspecified atom stereocenters.